The maximum absolute atomic E-state index is 9.05. The molecule has 1 aromatic carbocycles. The van der Waals surface area contributed by atoms with Crippen molar-refractivity contribution in [3.63, 3.8) is 0 Å². The molecule has 4 nitrogen and oxygen atoms in total. The Bertz CT molecular complexity index is 660. The van der Waals surface area contributed by atoms with E-state index in [1.54, 1.807) is 23.9 Å². The molecule has 0 aromatic heterocycles. The Kier molecular flexibility index (Phi) is 3.86. The molecule has 1 aliphatic heterocycles. The molecule has 0 amide bonds. The van der Waals surface area contributed by atoms with Crippen LogP contribution in [0.5, 0.6) is 0 Å². The Morgan fingerprint density at radius 2 is 1.90 bits per heavy atom. The minimum atomic E-state index is 0.399. The van der Waals surface area contributed by atoms with Gasteiger partial charge in [0.25, 0.3) is 0 Å². The quantitative estimate of drug-likeness (QED) is 0.860. The number of amidine groups is 1. The van der Waals surface area contributed by atoms with Crippen LogP contribution < -0.4 is 5.32 Å². The number of nitrogens with one attached hydrogen (secondary N) is 1. The van der Waals surface area contributed by atoms with Gasteiger partial charge >= 0.3 is 0 Å². The molecule has 1 fully saturated rings. The molecular weight excluding hydrogens is 280 g/mol. The molecule has 3 rings (SSSR count). The first-order valence-electron chi connectivity index (χ1n) is 7.13. The predicted molar refractivity (Wildman–Crippen MR) is 85.2 cm³/mol. The summed E-state index contributed by atoms with van der Waals surface area (Å²) in [5.41, 5.74) is 2.06. The molecule has 21 heavy (non-hydrogen) atoms. The van der Waals surface area contributed by atoms with Crippen molar-refractivity contribution in [3.8, 4) is 12.1 Å². The lowest BCUT2D eigenvalue weighted by Gasteiger charge is -2.31. The Hall–Kier alpha value is -1.98. The van der Waals surface area contributed by atoms with E-state index < -0.39 is 0 Å². The number of benzene rings is 1. The average Bonchev–Trinajstić information content (AvgIpc) is 2.98. The fourth-order valence-electron chi connectivity index (χ4n) is 2.99. The number of anilines is 1. The molecule has 0 saturated heterocycles. The Balaban J connectivity index is 1.72. The van der Waals surface area contributed by atoms with E-state index in [9.17, 15) is 0 Å². The zero-order valence-electron chi connectivity index (χ0n) is 11.7. The van der Waals surface area contributed by atoms with Crippen LogP contribution in [0.15, 0.2) is 23.2 Å². The fraction of sp³-hybridized carbons (Fsp3) is 0.438. The van der Waals surface area contributed by atoms with Crippen molar-refractivity contribution in [2.75, 3.05) is 17.6 Å². The van der Waals surface area contributed by atoms with Crippen LogP contribution in [0, 0.1) is 28.1 Å². The summed E-state index contributed by atoms with van der Waals surface area (Å²) in [5.74, 6) is 1.13. The van der Waals surface area contributed by atoms with Gasteiger partial charge in [0.2, 0.25) is 0 Å². The summed E-state index contributed by atoms with van der Waals surface area (Å²) in [6.07, 6.45) is 5.26. The molecule has 106 valence electrons. The Labute approximate surface area is 128 Å². The van der Waals surface area contributed by atoms with Crippen molar-refractivity contribution in [2.45, 2.75) is 25.7 Å². The van der Waals surface area contributed by atoms with E-state index in [-0.39, 0.29) is 0 Å². The average molecular weight is 296 g/mol. The summed E-state index contributed by atoms with van der Waals surface area (Å²) in [4.78, 5) is 4.68. The molecule has 0 atom stereocenters. The monoisotopic (exact) mass is 296 g/mol. The molecule has 0 unspecified atom stereocenters. The van der Waals surface area contributed by atoms with Crippen LogP contribution in [0.4, 0.5) is 5.69 Å². The molecule has 1 heterocycles. The highest BCUT2D eigenvalue weighted by molar-refractivity contribution is 8.14. The third-order valence-corrected chi connectivity index (χ3v) is 5.51. The minimum Gasteiger partial charge on any atom is -0.335 e. The summed E-state index contributed by atoms with van der Waals surface area (Å²) in [7, 11) is 0. The first-order chi connectivity index (χ1) is 10.2. The van der Waals surface area contributed by atoms with Crippen molar-refractivity contribution in [2.24, 2.45) is 10.4 Å². The fourth-order valence-corrected chi connectivity index (χ4v) is 4.16. The number of thioether (sulfide) groups is 1. The van der Waals surface area contributed by atoms with Gasteiger partial charge in [-0.3, -0.25) is 4.99 Å². The number of aliphatic imine (C=N–C) groups is 1. The Morgan fingerprint density at radius 3 is 2.52 bits per heavy atom. The van der Waals surface area contributed by atoms with E-state index in [4.69, 9.17) is 10.5 Å². The van der Waals surface area contributed by atoms with Gasteiger partial charge in [-0.15, -0.1) is 0 Å². The second-order valence-corrected chi connectivity index (χ2v) is 6.69. The lowest BCUT2D eigenvalue weighted by molar-refractivity contribution is 0.359. The number of hydrogen-bond acceptors (Lipinski definition) is 5. The first kappa shape index (κ1) is 14.0. The minimum absolute atomic E-state index is 0.399. The van der Waals surface area contributed by atoms with Crippen LogP contribution in [-0.2, 0) is 0 Å². The second kappa shape index (κ2) is 5.79. The van der Waals surface area contributed by atoms with Crippen molar-refractivity contribution in [3.05, 3.63) is 29.3 Å². The standard InChI is InChI=1S/C16H16N4S/c17-8-12-3-4-14(7-13(12)9-18)20-15-19-10-16(11-21-15)5-1-2-6-16/h3-4,7H,1-2,5-6,10-11H2,(H,19,20). The van der Waals surface area contributed by atoms with Crippen LogP contribution in [0.2, 0.25) is 0 Å². The Morgan fingerprint density at radius 1 is 1.14 bits per heavy atom. The summed E-state index contributed by atoms with van der Waals surface area (Å²) in [5, 5.41) is 22.2. The number of nitriles is 2. The smallest absolute Gasteiger partial charge is 0.161 e. The van der Waals surface area contributed by atoms with E-state index in [1.165, 1.54) is 25.7 Å². The van der Waals surface area contributed by atoms with Gasteiger partial charge < -0.3 is 5.32 Å². The van der Waals surface area contributed by atoms with Gasteiger partial charge in [0, 0.05) is 18.0 Å². The van der Waals surface area contributed by atoms with E-state index in [2.05, 4.69) is 16.4 Å². The highest BCUT2D eigenvalue weighted by Crippen LogP contribution is 2.43. The van der Waals surface area contributed by atoms with Crippen LogP contribution in [0.1, 0.15) is 36.8 Å². The van der Waals surface area contributed by atoms with Gasteiger partial charge in [0.15, 0.2) is 5.17 Å². The second-order valence-electron chi connectivity index (χ2n) is 5.73. The van der Waals surface area contributed by atoms with Crippen LogP contribution >= 0.6 is 11.8 Å². The van der Waals surface area contributed by atoms with Gasteiger partial charge in [0.05, 0.1) is 11.1 Å². The van der Waals surface area contributed by atoms with Crippen LogP contribution in [0.25, 0.3) is 0 Å². The molecule has 1 saturated carbocycles. The number of rotatable bonds is 1. The highest BCUT2D eigenvalue weighted by Gasteiger charge is 2.36. The van der Waals surface area contributed by atoms with Crippen LogP contribution in [-0.4, -0.2) is 17.5 Å². The van der Waals surface area contributed by atoms with Gasteiger partial charge in [-0.2, -0.15) is 10.5 Å². The van der Waals surface area contributed by atoms with Crippen molar-refractivity contribution < 1.29 is 0 Å². The molecule has 1 aromatic rings. The predicted octanol–water partition coefficient (Wildman–Crippen LogP) is 3.51. The normalized spacial score (nSPS) is 19.6. The lowest BCUT2D eigenvalue weighted by Crippen LogP contribution is -2.30. The summed E-state index contributed by atoms with van der Waals surface area (Å²) < 4.78 is 0. The van der Waals surface area contributed by atoms with Crippen LogP contribution in [0.3, 0.4) is 0 Å². The highest BCUT2D eigenvalue weighted by atomic mass is 32.2. The van der Waals surface area contributed by atoms with E-state index in [1.807, 2.05) is 12.1 Å². The topological polar surface area (TPSA) is 72.0 Å². The summed E-state index contributed by atoms with van der Waals surface area (Å²) in [6, 6.07) is 9.28. The number of hydrogen-bond donors (Lipinski definition) is 1. The van der Waals surface area contributed by atoms with Gasteiger partial charge in [0.1, 0.15) is 12.1 Å². The van der Waals surface area contributed by atoms with Crippen molar-refractivity contribution >= 4 is 22.6 Å². The maximum atomic E-state index is 9.05. The van der Waals surface area contributed by atoms with Gasteiger partial charge in [-0.1, -0.05) is 24.6 Å². The molecule has 2 aliphatic rings. The van der Waals surface area contributed by atoms with Gasteiger partial charge in [-0.25, -0.2) is 0 Å². The third kappa shape index (κ3) is 2.89. The van der Waals surface area contributed by atoms with Crippen molar-refractivity contribution in [1.29, 1.82) is 10.5 Å². The maximum Gasteiger partial charge on any atom is 0.161 e. The van der Waals surface area contributed by atoms with Gasteiger partial charge in [-0.05, 0) is 36.5 Å². The number of nitrogens with zero attached hydrogens (tertiary/aromatic N) is 3. The molecule has 1 spiro atoms. The zero-order chi connectivity index (χ0) is 14.7. The zero-order valence-corrected chi connectivity index (χ0v) is 12.5. The first-order valence-corrected chi connectivity index (χ1v) is 8.12. The van der Waals surface area contributed by atoms with E-state index >= 15 is 0 Å². The molecule has 0 bridgehead atoms. The molecule has 0 radical (unpaired) electrons. The molecule has 1 aliphatic carbocycles. The largest absolute Gasteiger partial charge is 0.335 e. The summed E-state index contributed by atoms with van der Waals surface area (Å²) >= 11 is 1.77. The third-order valence-electron chi connectivity index (χ3n) is 4.25. The molecular formula is C16H16N4S. The summed E-state index contributed by atoms with van der Waals surface area (Å²) in [6.45, 7) is 0.906. The molecule has 1 N–H and O–H groups in total. The van der Waals surface area contributed by atoms with Crippen molar-refractivity contribution in [1.82, 2.24) is 0 Å². The molecule has 5 heteroatoms. The SMILES string of the molecule is N#Cc1ccc(NC2=NCC3(CCCC3)CS2)cc1C#N. The van der Waals surface area contributed by atoms with E-state index in [0.29, 0.717) is 16.5 Å². The lowest BCUT2D eigenvalue weighted by atomic mass is 9.89. The van der Waals surface area contributed by atoms with E-state index in [0.717, 1.165) is 23.2 Å².